The maximum atomic E-state index is 13.5. The zero-order valence-electron chi connectivity index (χ0n) is 18.9. The van der Waals surface area contributed by atoms with E-state index in [1.807, 2.05) is 19.2 Å². The zero-order chi connectivity index (χ0) is 24.8. The Kier molecular flexibility index (Phi) is 6.04. The largest absolute Gasteiger partial charge is 0.489 e. The van der Waals surface area contributed by atoms with Crippen molar-refractivity contribution in [2.45, 2.75) is 44.5 Å². The van der Waals surface area contributed by atoms with Gasteiger partial charge in [-0.15, -0.1) is 0 Å². The number of rotatable bonds is 4. The number of nitrogens with zero attached hydrogens (tertiary/aromatic N) is 3. The Balaban J connectivity index is 1.71. The number of ether oxygens (including phenoxy) is 1. The van der Waals surface area contributed by atoms with Crippen LogP contribution in [0.3, 0.4) is 0 Å². The van der Waals surface area contributed by atoms with E-state index in [1.54, 1.807) is 30.9 Å². The van der Waals surface area contributed by atoms with Crippen molar-refractivity contribution in [3.63, 3.8) is 0 Å². The quantitative estimate of drug-likeness (QED) is 0.644. The predicted molar refractivity (Wildman–Crippen MR) is 126 cm³/mol. The van der Waals surface area contributed by atoms with Gasteiger partial charge in [-0.2, -0.15) is 18.4 Å². The van der Waals surface area contributed by atoms with Gasteiger partial charge in [-0.3, -0.25) is 9.69 Å². The van der Waals surface area contributed by atoms with E-state index in [9.17, 15) is 18.0 Å². The lowest BCUT2D eigenvalue weighted by Gasteiger charge is -2.32. The summed E-state index contributed by atoms with van der Waals surface area (Å²) in [7, 11) is 1.87. The van der Waals surface area contributed by atoms with E-state index < -0.39 is 28.7 Å². The summed E-state index contributed by atoms with van der Waals surface area (Å²) < 4.78 is 46.6. The molecule has 0 bridgehead atoms. The van der Waals surface area contributed by atoms with Gasteiger partial charge in [-0.25, -0.2) is 0 Å². The molecule has 2 aromatic rings. The minimum absolute atomic E-state index is 0.0342. The normalized spacial score (nSPS) is 19.6. The molecule has 1 amide bonds. The van der Waals surface area contributed by atoms with Crippen molar-refractivity contribution in [3.8, 4) is 11.8 Å². The highest BCUT2D eigenvalue weighted by molar-refractivity contribution is 7.81. The molecular weight excluding hydrogens is 465 g/mol. The van der Waals surface area contributed by atoms with Gasteiger partial charge >= 0.3 is 6.18 Å². The molecule has 178 valence electrons. The van der Waals surface area contributed by atoms with Crippen LogP contribution >= 0.6 is 12.2 Å². The van der Waals surface area contributed by atoms with Gasteiger partial charge in [0.1, 0.15) is 17.4 Å². The van der Waals surface area contributed by atoms with E-state index in [4.69, 9.17) is 22.2 Å². The van der Waals surface area contributed by atoms with Gasteiger partial charge in [0.25, 0.3) is 5.91 Å². The third-order valence-corrected chi connectivity index (χ3v) is 6.48. The summed E-state index contributed by atoms with van der Waals surface area (Å²) in [6.45, 7) is 4.09. The first-order valence-corrected chi connectivity index (χ1v) is 11.1. The average Bonchev–Trinajstić information content (AvgIpc) is 2.96. The number of likely N-dealkylation sites (N-methyl/N-ethyl adjacent to an activating group) is 1. The highest BCUT2D eigenvalue weighted by Crippen LogP contribution is 2.41. The van der Waals surface area contributed by atoms with E-state index in [1.165, 1.54) is 6.07 Å². The van der Waals surface area contributed by atoms with Crippen LogP contribution in [0.15, 0.2) is 36.4 Å². The molecule has 6 nitrogen and oxygen atoms in total. The summed E-state index contributed by atoms with van der Waals surface area (Å²) in [5.74, 6) is 0.307. The lowest BCUT2D eigenvalue weighted by molar-refractivity contribution is -0.137. The number of anilines is 2. The van der Waals surface area contributed by atoms with Crippen molar-refractivity contribution in [2.75, 3.05) is 23.4 Å². The van der Waals surface area contributed by atoms with Crippen LogP contribution in [0.1, 0.15) is 37.0 Å². The molecule has 1 saturated heterocycles. The van der Waals surface area contributed by atoms with E-state index in [-0.39, 0.29) is 16.9 Å². The topological polar surface area (TPSA) is 68.6 Å². The van der Waals surface area contributed by atoms with Crippen LogP contribution < -0.4 is 19.9 Å². The molecular formula is C24H23F3N4O2S. The second-order valence-electron chi connectivity index (χ2n) is 8.79. The second-order valence-corrected chi connectivity index (χ2v) is 9.15. The fraction of sp³-hybridized carbons (Fsp3) is 0.375. The number of hydrogen-bond donors (Lipinski definition) is 1. The first kappa shape index (κ1) is 24.0. The summed E-state index contributed by atoms with van der Waals surface area (Å²) in [6.07, 6.45) is -3.05. The number of nitrogens with one attached hydrogen (secondary N) is 1. The van der Waals surface area contributed by atoms with Crippen molar-refractivity contribution in [2.24, 2.45) is 0 Å². The Labute approximate surface area is 200 Å². The maximum absolute atomic E-state index is 13.5. The molecule has 0 saturated carbocycles. The number of nitriles is 1. The van der Waals surface area contributed by atoms with Gasteiger partial charge in [0.2, 0.25) is 0 Å². The predicted octanol–water partition coefficient (Wildman–Crippen LogP) is 4.41. The molecule has 0 aromatic heterocycles. The standard InChI is InChI=1S/C24H23F3N4O2S/c1-23(2)21(32)30(16-6-4-15(12-28)19(11-16)24(25,26)27)22(34)31(23)17-7-9-20-14(10-17)5-8-18(33-20)13-29-3/h4,6-7,9-11,18,29H,5,8,13H2,1-3H3/t18-/m1/s1. The van der Waals surface area contributed by atoms with Crippen molar-refractivity contribution in [1.82, 2.24) is 5.32 Å². The number of hydrogen-bond acceptors (Lipinski definition) is 5. The molecule has 4 rings (SSSR count). The molecule has 1 N–H and O–H groups in total. The molecule has 1 fully saturated rings. The SMILES string of the molecule is CNC[C@H]1CCc2cc(N3C(=S)N(c4ccc(C#N)c(C(F)(F)F)c4)C(=O)C3(C)C)ccc2O1. The fourth-order valence-electron chi connectivity index (χ4n) is 4.40. The first-order chi connectivity index (χ1) is 16.0. The minimum Gasteiger partial charge on any atom is -0.489 e. The van der Waals surface area contributed by atoms with Gasteiger partial charge in [-0.05, 0) is 87.9 Å². The molecule has 0 aliphatic carbocycles. The van der Waals surface area contributed by atoms with Crippen LogP contribution in [0.4, 0.5) is 24.5 Å². The molecule has 2 heterocycles. The Morgan fingerprint density at radius 3 is 2.59 bits per heavy atom. The molecule has 0 unspecified atom stereocenters. The monoisotopic (exact) mass is 488 g/mol. The lowest BCUT2D eigenvalue weighted by atomic mass is 9.99. The number of carbonyl (C=O) groups excluding carboxylic acids is 1. The van der Waals surface area contributed by atoms with Gasteiger partial charge in [0.05, 0.1) is 22.9 Å². The maximum Gasteiger partial charge on any atom is 0.417 e. The minimum atomic E-state index is -4.75. The molecule has 1 atom stereocenters. The van der Waals surface area contributed by atoms with Gasteiger partial charge in [0, 0.05) is 12.2 Å². The third-order valence-electron chi connectivity index (χ3n) is 6.12. The number of aryl methyl sites for hydroxylation is 1. The number of alkyl halides is 3. The van der Waals surface area contributed by atoms with Gasteiger partial charge in [-0.1, -0.05) is 0 Å². The number of fused-ring (bicyclic) bond motifs is 1. The number of thiocarbonyl (C=S) groups is 1. The van der Waals surface area contributed by atoms with Gasteiger partial charge < -0.3 is 15.0 Å². The van der Waals surface area contributed by atoms with E-state index >= 15 is 0 Å². The Bertz CT molecular complexity index is 1210. The molecule has 2 aromatic carbocycles. The van der Waals surface area contributed by atoms with Crippen LogP contribution in [-0.4, -0.2) is 36.3 Å². The molecule has 10 heteroatoms. The van der Waals surface area contributed by atoms with E-state index in [0.29, 0.717) is 5.69 Å². The molecule has 34 heavy (non-hydrogen) atoms. The molecule has 2 aliphatic heterocycles. The fourth-order valence-corrected chi connectivity index (χ4v) is 4.92. The third kappa shape index (κ3) is 3.99. The zero-order valence-corrected chi connectivity index (χ0v) is 19.7. The molecule has 2 aliphatic rings. The smallest absolute Gasteiger partial charge is 0.417 e. The van der Waals surface area contributed by atoms with E-state index in [2.05, 4.69) is 5.32 Å². The highest BCUT2D eigenvalue weighted by atomic mass is 32.1. The van der Waals surface area contributed by atoms with Crippen LogP contribution in [0.25, 0.3) is 0 Å². The van der Waals surface area contributed by atoms with Crippen molar-refractivity contribution < 1.29 is 22.7 Å². The van der Waals surface area contributed by atoms with E-state index in [0.717, 1.165) is 47.7 Å². The van der Waals surface area contributed by atoms with Crippen LogP contribution in [0.2, 0.25) is 0 Å². The number of halogens is 3. The lowest BCUT2D eigenvalue weighted by Crippen LogP contribution is -2.44. The number of amides is 1. The molecule has 0 spiro atoms. The highest BCUT2D eigenvalue weighted by Gasteiger charge is 2.51. The Morgan fingerprint density at radius 2 is 1.94 bits per heavy atom. The van der Waals surface area contributed by atoms with Crippen molar-refractivity contribution >= 4 is 34.6 Å². The second kappa shape index (κ2) is 8.56. The Hall–Kier alpha value is -3.16. The Morgan fingerprint density at radius 1 is 1.24 bits per heavy atom. The summed E-state index contributed by atoms with van der Waals surface area (Å²) in [6, 6.07) is 10.3. The number of carbonyl (C=O) groups is 1. The van der Waals surface area contributed by atoms with Crippen LogP contribution in [0.5, 0.6) is 5.75 Å². The van der Waals surface area contributed by atoms with Gasteiger partial charge in [0.15, 0.2) is 5.11 Å². The summed E-state index contributed by atoms with van der Waals surface area (Å²) in [4.78, 5) is 16.1. The molecule has 0 radical (unpaired) electrons. The summed E-state index contributed by atoms with van der Waals surface area (Å²) >= 11 is 5.60. The van der Waals surface area contributed by atoms with Crippen molar-refractivity contribution in [3.05, 3.63) is 53.1 Å². The summed E-state index contributed by atoms with van der Waals surface area (Å²) in [5, 5.41) is 12.3. The summed E-state index contributed by atoms with van der Waals surface area (Å²) in [5.41, 5.74) is -1.16. The van der Waals surface area contributed by atoms with Crippen LogP contribution in [0, 0.1) is 11.3 Å². The average molecular weight is 489 g/mol. The van der Waals surface area contributed by atoms with Crippen LogP contribution in [-0.2, 0) is 17.4 Å². The first-order valence-electron chi connectivity index (χ1n) is 10.7. The number of benzene rings is 2. The van der Waals surface area contributed by atoms with Crippen molar-refractivity contribution in [1.29, 1.82) is 5.26 Å².